The van der Waals surface area contributed by atoms with E-state index >= 15 is 0 Å². The molecule has 0 saturated carbocycles. The number of benzene rings is 1. The zero-order valence-electron chi connectivity index (χ0n) is 11.6. The zero-order chi connectivity index (χ0) is 17.5. The highest BCUT2D eigenvalue weighted by Crippen LogP contribution is 2.40. The number of fused-ring (bicyclic) bond motifs is 1. The van der Waals surface area contributed by atoms with Crippen LogP contribution in [0.15, 0.2) is 40.7 Å². The molecule has 0 atom stereocenters. The van der Waals surface area contributed by atoms with Gasteiger partial charge in [0, 0.05) is 16.6 Å². The first kappa shape index (κ1) is 16.5. The molecule has 0 bridgehead atoms. The summed E-state index contributed by atoms with van der Waals surface area (Å²) in [5.41, 5.74) is -0.432. The number of hydrogen-bond donors (Lipinski definition) is 2. The Balaban J connectivity index is 1.98. The normalized spacial score (nSPS) is 12.4. The molecule has 0 fully saturated rings. The average molecular weight is 375 g/mol. The van der Waals surface area contributed by atoms with Gasteiger partial charge in [0.25, 0.3) is 0 Å². The lowest BCUT2D eigenvalue weighted by atomic mass is 10.2. The number of rotatable bonds is 2. The highest BCUT2D eigenvalue weighted by atomic mass is 35.5. The van der Waals surface area contributed by atoms with Crippen LogP contribution in [0.5, 0.6) is 5.88 Å². The summed E-state index contributed by atoms with van der Waals surface area (Å²) in [7, 11) is 0. The minimum Gasteiger partial charge on any atom is -0.493 e. The van der Waals surface area contributed by atoms with E-state index in [4.69, 9.17) is 23.2 Å². The van der Waals surface area contributed by atoms with Crippen LogP contribution in [0.1, 0.15) is 5.56 Å². The molecule has 0 saturated heterocycles. The van der Waals surface area contributed by atoms with Crippen molar-refractivity contribution in [2.75, 3.05) is 0 Å². The lowest BCUT2D eigenvalue weighted by Crippen LogP contribution is -2.04. The van der Waals surface area contributed by atoms with Crippen molar-refractivity contribution in [3.05, 3.63) is 46.1 Å². The van der Waals surface area contributed by atoms with E-state index in [9.17, 15) is 18.3 Å². The van der Waals surface area contributed by atoms with Crippen LogP contribution in [-0.4, -0.2) is 15.1 Å². The summed E-state index contributed by atoms with van der Waals surface area (Å²) in [4.78, 5) is 6.19. The second-order valence-corrected chi connectivity index (χ2v) is 5.58. The van der Waals surface area contributed by atoms with Crippen molar-refractivity contribution in [3.63, 3.8) is 0 Å². The smallest absolute Gasteiger partial charge is 0.417 e. The zero-order valence-corrected chi connectivity index (χ0v) is 13.1. The summed E-state index contributed by atoms with van der Waals surface area (Å²) in [6.07, 6.45) is -3.83. The van der Waals surface area contributed by atoms with Crippen molar-refractivity contribution in [1.82, 2.24) is 9.97 Å². The molecule has 2 N–H and O–H groups in total. The van der Waals surface area contributed by atoms with Gasteiger partial charge >= 0.3 is 6.18 Å². The quantitative estimate of drug-likeness (QED) is 0.539. The standard InChI is InChI=1S/C14H7Cl2F3N4O/c15-7-3-8-11(9(16)4-7)21-13(24)12(8)23-22-10-2-1-6(5-20-10)14(17,18)19/h1-5,21,24H. The summed E-state index contributed by atoms with van der Waals surface area (Å²) >= 11 is 11.9. The van der Waals surface area contributed by atoms with Gasteiger partial charge < -0.3 is 10.1 Å². The molecule has 0 spiro atoms. The molecule has 0 aliphatic heterocycles. The molecule has 10 heteroatoms. The van der Waals surface area contributed by atoms with E-state index in [1.165, 1.54) is 12.1 Å². The van der Waals surface area contributed by atoms with Gasteiger partial charge in [-0.05, 0) is 24.3 Å². The van der Waals surface area contributed by atoms with Gasteiger partial charge in [-0.1, -0.05) is 23.2 Å². The van der Waals surface area contributed by atoms with Crippen LogP contribution in [-0.2, 0) is 6.18 Å². The molecule has 3 aromatic rings. The molecule has 1 aromatic carbocycles. The Kier molecular flexibility index (Phi) is 4.10. The van der Waals surface area contributed by atoms with Crippen molar-refractivity contribution in [3.8, 4) is 5.88 Å². The third-order valence-corrected chi connectivity index (χ3v) is 3.62. The fraction of sp³-hybridized carbons (Fsp3) is 0.0714. The van der Waals surface area contributed by atoms with Gasteiger partial charge in [0.1, 0.15) is 0 Å². The first-order chi connectivity index (χ1) is 11.3. The second kappa shape index (κ2) is 5.95. The topological polar surface area (TPSA) is 73.6 Å². The van der Waals surface area contributed by atoms with Crippen molar-refractivity contribution in [2.45, 2.75) is 6.18 Å². The van der Waals surface area contributed by atoms with E-state index in [-0.39, 0.29) is 22.4 Å². The minimum absolute atomic E-state index is 0.0510. The van der Waals surface area contributed by atoms with Gasteiger partial charge in [-0.3, -0.25) is 0 Å². The van der Waals surface area contributed by atoms with Gasteiger partial charge in [0.15, 0.2) is 11.5 Å². The van der Waals surface area contributed by atoms with Gasteiger partial charge in [-0.25, -0.2) is 4.98 Å². The average Bonchev–Trinajstić information content (AvgIpc) is 2.81. The number of halogens is 5. The van der Waals surface area contributed by atoms with Crippen molar-refractivity contribution < 1.29 is 18.3 Å². The maximum Gasteiger partial charge on any atom is 0.417 e. The highest BCUT2D eigenvalue weighted by molar-refractivity contribution is 6.38. The summed E-state index contributed by atoms with van der Waals surface area (Å²) < 4.78 is 37.4. The van der Waals surface area contributed by atoms with Crippen molar-refractivity contribution >= 4 is 45.6 Å². The number of nitrogens with zero attached hydrogens (tertiary/aromatic N) is 3. The van der Waals surface area contributed by atoms with Crippen molar-refractivity contribution in [2.24, 2.45) is 10.2 Å². The monoisotopic (exact) mass is 374 g/mol. The maximum absolute atomic E-state index is 12.5. The molecule has 0 aliphatic carbocycles. The Bertz CT molecular complexity index is 936. The first-order valence-electron chi connectivity index (χ1n) is 6.40. The fourth-order valence-corrected chi connectivity index (χ4v) is 2.55. The number of H-pyrrole nitrogens is 1. The summed E-state index contributed by atoms with van der Waals surface area (Å²) in [6.45, 7) is 0. The van der Waals surface area contributed by atoms with E-state index < -0.39 is 11.7 Å². The molecule has 0 amide bonds. The van der Waals surface area contributed by atoms with Crippen LogP contribution >= 0.6 is 23.2 Å². The van der Waals surface area contributed by atoms with Gasteiger partial charge in [0.2, 0.25) is 5.88 Å². The van der Waals surface area contributed by atoms with Crippen LogP contribution in [0.25, 0.3) is 10.9 Å². The summed E-state index contributed by atoms with van der Waals surface area (Å²) in [5, 5.41) is 18.5. The van der Waals surface area contributed by atoms with E-state index in [2.05, 4.69) is 20.2 Å². The number of pyridine rings is 1. The Morgan fingerprint density at radius 3 is 2.50 bits per heavy atom. The van der Waals surface area contributed by atoms with Gasteiger partial charge in [-0.2, -0.15) is 13.2 Å². The Morgan fingerprint density at radius 1 is 1.12 bits per heavy atom. The molecule has 5 nitrogen and oxygen atoms in total. The molecular formula is C14H7Cl2F3N4O. The SMILES string of the molecule is Oc1[nH]c2c(Cl)cc(Cl)cc2c1N=Nc1ccc(C(F)(F)F)cn1. The molecule has 124 valence electrons. The van der Waals surface area contributed by atoms with Crippen LogP contribution < -0.4 is 0 Å². The number of azo groups is 1. The first-order valence-corrected chi connectivity index (χ1v) is 7.16. The minimum atomic E-state index is -4.48. The third kappa shape index (κ3) is 3.15. The van der Waals surface area contributed by atoms with E-state index in [1.54, 1.807) is 0 Å². The lowest BCUT2D eigenvalue weighted by Gasteiger charge is -2.04. The molecule has 0 aliphatic rings. The van der Waals surface area contributed by atoms with E-state index in [1.807, 2.05) is 0 Å². The number of aromatic nitrogens is 2. The van der Waals surface area contributed by atoms with Crippen LogP contribution in [0.4, 0.5) is 24.7 Å². The fourth-order valence-electron chi connectivity index (χ4n) is 2.01. The third-order valence-electron chi connectivity index (χ3n) is 3.11. The molecule has 3 rings (SSSR count). The molecule has 2 aromatic heterocycles. The Morgan fingerprint density at radius 2 is 1.88 bits per heavy atom. The van der Waals surface area contributed by atoms with Gasteiger partial charge in [0.05, 0.1) is 16.1 Å². The Labute approximate surface area is 142 Å². The lowest BCUT2D eigenvalue weighted by molar-refractivity contribution is -0.137. The second-order valence-electron chi connectivity index (χ2n) is 4.74. The number of aromatic hydroxyl groups is 1. The van der Waals surface area contributed by atoms with Crippen LogP contribution in [0, 0.1) is 0 Å². The molecule has 24 heavy (non-hydrogen) atoms. The Hall–Kier alpha value is -2.32. The molecule has 0 unspecified atom stereocenters. The van der Waals surface area contributed by atoms with Crippen LogP contribution in [0.3, 0.4) is 0 Å². The number of hydrogen-bond acceptors (Lipinski definition) is 4. The molecule has 2 heterocycles. The highest BCUT2D eigenvalue weighted by Gasteiger charge is 2.30. The predicted molar refractivity (Wildman–Crippen MR) is 83.4 cm³/mol. The number of alkyl halides is 3. The largest absolute Gasteiger partial charge is 0.493 e. The van der Waals surface area contributed by atoms with Crippen molar-refractivity contribution in [1.29, 1.82) is 0 Å². The summed E-state index contributed by atoms with van der Waals surface area (Å²) in [5.74, 6) is -0.352. The molecular weight excluding hydrogens is 368 g/mol. The maximum atomic E-state index is 12.5. The van der Waals surface area contributed by atoms with E-state index in [0.29, 0.717) is 22.1 Å². The van der Waals surface area contributed by atoms with Gasteiger partial charge in [-0.15, -0.1) is 10.2 Å². The van der Waals surface area contributed by atoms with Crippen LogP contribution in [0.2, 0.25) is 10.0 Å². The number of aromatic amines is 1. The number of nitrogens with one attached hydrogen (secondary N) is 1. The van der Waals surface area contributed by atoms with E-state index in [0.717, 1.165) is 12.1 Å². The molecule has 0 radical (unpaired) electrons. The predicted octanol–water partition coefficient (Wildman–Crippen LogP) is 6.01. The summed E-state index contributed by atoms with van der Waals surface area (Å²) in [6, 6.07) is 4.91.